The molecule has 1 amide bonds. The predicted octanol–water partition coefficient (Wildman–Crippen LogP) is 5.45. The van der Waals surface area contributed by atoms with Crippen LogP contribution in [0.3, 0.4) is 0 Å². The van der Waals surface area contributed by atoms with Crippen LogP contribution in [0.5, 0.6) is 0 Å². The number of nitrogens with one attached hydrogen (secondary N) is 1. The van der Waals surface area contributed by atoms with Gasteiger partial charge in [-0.1, -0.05) is 37.2 Å². The van der Waals surface area contributed by atoms with E-state index in [1.807, 2.05) is 56.5 Å². The zero-order valence-corrected chi connectivity index (χ0v) is 17.3. The summed E-state index contributed by atoms with van der Waals surface area (Å²) >= 11 is 1.50. The summed E-state index contributed by atoms with van der Waals surface area (Å²) in [5, 5.41) is 8.90. The number of rotatable bonds is 5. The lowest BCUT2D eigenvalue weighted by atomic mass is 10.1. The van der Waals surface area contributed by atoms with Crippen LogP contribution in [0.2, 0.25) is 0 Å². The third-order valence-corrected chi connectivity index (χ3v) is 5.30. The van der Waals surface area contributed by atoms with Gasteiger partial charge in [-0.3, -0.25) is 4.79 Å². The molecule has 0 aliphatic rings. The normalized spacial score (nSPS) is 11.2. The molecule has 7 nitrogen and oxygen atoms in total. The number of hydrogen-bond acceptors (Lipinski definition) is 7. The predicted molar refractivity (Wildman–Crippen MR) is 111 cm³/mol. The van der Waals surface area contributed by atoms with Crippen molar-refractivity contribution in [1.82, 2.24) is 15.1 Å². The van der Waals surface area contributed by atoms with Gasteiger partial charge in [-0.2, -0.15) is 4.98 Å². The van der Waals surface area contributed by atoms with Gasteiger partial charge in [-0.15, -0.1) is 11.3 Å². The van der Waals surface area contributed by atoms with Crippen molar-refractivity contribution in [2.45, 2.75) is 33.6 Å². The first kappa shape index (κ1) is 19.1. The van der Waals surface area contributed by atoms with Gasteiger partial charge < -0.3 is 14.3 Å². The van der Waals surface area contributed by atoms with E-state index in [0.717, 1.165) is 10.4 Å². The minimum atomic E-state index is -0.354. The van der Waals surface area contributed by atoms with E-state index < -0.39 is 0 Å². The smallest absolute Gasteiger partial charge is 0.277 e. The van der Waals surface area contributed by atoms with Gasteiger partial charge in [0.2, 0.25) is 5.89 Å². The van der Waals surface area contributed by atoms with Crippen molar-refractivity contribution in [2.24, 2.45) is 0 Å². The number of carbonyl (C=O) groups is 1. The highest BCUT2D eigenvalue weighted by Gasteiger charge is 2.22. The molecule has 4 aromatic rings. The van der Waals surface area contributed by atoms with E-state index in [2.05, 4.69) is 20.4 Å². The maximum atomic E-state index is 13.0. The van der Waals surface area contributed by atoms with Crippen molar-refractivity contribution < 1.29 is 13.7 Å². The molecule has 8 heteroatoms. The number of benzene rings is 1. The zero-order valence-electron chi connectivity index (χ0n) is 16.5. The Hall–Kier alpha value is -3.26. The molecule has 3 aromatic heterocycles. The lowest BCUT2D eigenvalue weighted by Gasteiger charge is -2.11. The van der Waals surface area contributed by atoms with Crippen LogP contribution in [0.1, 0.15) is 47.4 Å². The number of thiophene rings is 1. The Morgan fingerprint density at radius 3 is 2.62 bits per heavy atom. The number of nitrogens with zero attached hydrogens (tertiary/aromatic N) is 3. The number of para-hydroxylation sites is 1. The second-order valence-corrected chi connectivity index (χ2v) is 7.91. The van der Waals surface area contributed by atoms with E-state index in [-0.39, 0.29) is 17.5 Å². The fourth-order valence-electron chi connectivity index (χ4n) is 2.88. The van der Waals surface area contributed by atoms with Gasteiger partial charge in [0.05, 0.1) is 16.1 Å². The molecule has 0 bridgehead atoms. The number of carbonyl (C=O) groups excluding carboxylic acids is 1. The van der Waals surface area contributed by atoms with E-state index in [4.69, 9.17) is 8.94 Å². The maximum absolute atomic E-state index is 13.0. The van der Waals surface area contributed by atoms with E-state index in [0.29, 0.717) is 34.6 Å². The largest absolute Gasteiger partial charge is 0.440 e. The Kier molecular flexibility index (Phi) is 5.02. The van der Waals surface area contributed by atoms with Gasteiger partial charge in [0.1, 0.15) is 5.76 Å². The summed E-state index contributed by atoms with van der Waals surface area (Å²) in [6.07, 6.45) is 0. The molecule has 0 atom stereocenters. The molecule has 4 rings (SSSR count). The SMILES string of the molecule is Cc1cccc(-c2nc(C(C)C)no2)c1NC(=O)c1nc(-c2cccs2)oc1C. The van der Waals surface area contributed by atoms with Crippen LogP contribution in [0.25, 0.3) is 22.2 Å². The molecule has 0 fully saturated rings. The standard InChI is InChI=1S/C21H20N4O3S/c1-11(2)18-24-20(28-25-18)14-8-5-7-12(3)16(14)22-19(26)17-13(4)27-21(23-17)15-9-6-10-29-15/h5-11H,1-4H3,(H,22,26). The molecule has 0 unspecified atom stereocenters. The molecule has 0 radical (unpaired) electrons. The summed E-state index contributed by atoms with van der Waals surface area (Å²) in [7, 11) is 0. The van der Waals surface area contributed by atoms with Gasteiger partial charge >= 0.3 is 0 Å². The van der Waals surface area contributed by atoms with Gasteiger partial charge in [0.15, 0.2) is 11.5 Å². The topological polar surface area (TPSA) is 94.1 Å². The lowest BCUT2D eigenvalue weighted by Crippen LogP contribution is -2.15. The van der Waals surface area contributed by atoms with Crippen molar-refractivity contribution in [3.8, 4) is 22.2 Å². The van der Waals surface area contributed by atoms with Crippen molar-refractivity contribution in [3.05, 3.63) is 58.6 Å². The number of oxazole rings is 1. The number of amides is 1. The summed E-state index contributed by atoms with van der Waals surface area (Å²) in [4.78, 5) is 22.7. The fraction of sp³-hybridized carbons (Fsp3) is 0.238. The van der Waals surface area contributed by atoms with Crippen LogP contribution in [0, 0.1) is 13.8 Å². The van der Waals surface area contributed by atoms with Crippen molar-refractivity contribution in [2.75, 3.05) is 5.32 Å². The summed E-state index contributed by atoms with van der Waals surface area (Å²) < 4.78 is 11.1. The van der Waals surface area contributed by atoms with E-state index in [1.165, 1.54) is 11.3 Å². The molecule has 148 valence electrons. The third kappa shape index (κ3) is 3.71. The van der Waals surface area contributed by atoms with Gasteiger partial charge in [-0.05, 0) is 36.9 Å². The molecule has 0 aliphatic heterocycles. The van der Waals surface area contributed by atoms with Crippen molar-refractivity contribution in [3.63, 3.8) is 0 Å². The second-order valence-electron chi connectivity index (χ2n) is 6.97. The molecule has 0 spiro atoms. The second kappa shape index (κ2) is 7.63. The summed E-state index contributed by atoms with van der Waals surface area (Å²) in [5.74, 6) is 1.67. The number of anilines is 1. The minimum Gasteiger partial charge on any atom is -0.440 e. The Morgan fingerprint density at radius 2 is 1.93 bits per heavy atom. The Morgan fingerprint density at radius 1 is 1.10 bits per heavy atom. The number of aromatic nitrogens is 3. The van der Waals surface area contributed by atoms with Crippen LogP contribution in [-0.4, -0.2) is 21.0 Å². The molecule has 1 N–H and O–H groups in total. The van der Waals surface area contributed by atoms with Crippen LogP contribution in [-0.2, 0) is 0 Å². The molecule has 3 heterocycles. The first-order valence-electron chi connectivity index (χ1n) is 9.20. The highest BCUT2D eigenvalue weighted by molar-refractivity contribution is 7.13. The van der Waals surface area contributed by atoms with Gasteiger partial charge in [0.25, 0.3) is 11.8 Å². The Labute approximate surface area is 171 Å². The van der Waals surface area contributed by atoms with Crippen LogP contribution < -0.4 is 5.32 Å². The van der Waals surface area contributed by atoms with Crippen molar-refractivity contribution >= 4 is 22.9 Å². The Bertz CT molecular complexity index is 1160. The molecule has 0 saturated carbocycles. The minimum absolute atomic E-state index is 0.142. The zero-order chi connectivity index (χ0) is 20.5. The molecule has 0 saturated heterocycles. The average molecular weight is 408 g/mol. The Balaban J connectivity index is 1.67. The maximum Gasteiger partial charge on any atom is 0.277 e. The first-order chi connectivity index (χ1) is 13.9. The summed E-state index contributed by atoms with van der Waals surface area (Å²) in [6, 6.07) is 9.45. The van der Waals surface area contributed by atoms with Crippen LogP contribution >= 0.6 is 11.3 Å². The van der Waals surface area contributed by atoms with Gasteiger partial charge in [-0.25, -0.2) is 4.98 Å². The molecule has 29 heavy (non-hydrogen) atoms. The van der Waals surface area contributed by atoms with Crippen LogP contribution in [0.15, 0.2) is 44.7 Å². The average Bonchev–Trinajstić information content (AvgIpc) is 3.43. The molecule has 0 aliphatic carbocycles. The number of aryl methyl sites for hydroxylation is 2. The van der Waals surface area contributed by atoms with E-state index >= 15 is 0 Å². The van der Waals surface area contributed by atoms with Crippen molar-refractivity contribution in [1.29, 1.82) is 0 Å². The highest BCUT2D eigenvalue weighted by atomic mass is 32.1. The summed E-state index contributed by atoms with van der Waals surface area (Å²) in [6.45, 7) is 7.62. The number of hydrogen-bond donors (Lipinski definition) is 1. The quantitative estimate of drug-likeness (QED) is 0.472. The van der Waals surface area contributed by atoms with Crippen LogP contribution in [0.4, 0.5) is 5.69 Å². The van der Waals surface area contributed by atoms with E-state index in [9.17, 15) is 4.79 Å². The first-order valence-corrected chi connectivity index (χ1v) is 10.1. The monoisotopic (exact) mass is 408 g/mol. The summed E-state index contributed by atoms with van der Waals surface area (Å²) in [5.41, 5.74) is 2.39. The third-order valence-electron chi connectivity index (χ3n) is 4.44. The molecule has 1 aromatic carbocycles. The van der Waals surface area contributed by atoms with E-state index in [1.54, 1.807) is 6.92 Å². The molecular formula is C21H20N4O3S. The fourth-order valence-corrected chi connectivity index (χ4v) is 3.53. The molecular weight excluding hydrogens is 388 g/mol. The van der Waals surface area contributed by atoms with Gasteiger partial charge in [0, 0.05) is 5.92 Å². The lowest BCUT2D eigenvalue weighted by molar-refractivity contribution is 0.102. The highest BCUT2D eigenvalue weighted by Crippen LogP contribution is 2.32.